The number of halogens is 1. The lowest BCUT2D eigenvalue weighted by Crippen LogP contribution is -2.48. The summed E-state index contributed by atoms with van der Waals surface area (Å²) in [5.74, 6) is 0. The lowest BCUT2D eigenvalue weighted by molar-refractivity contribution is 0.179. The number of nitrogens with zero attached hydrogens (tertiary/aromatic N) is 4. The van der Waals surface area contributed by atoms with Crippen LogP contribution in [0.4, 0.5) is 0 Å². The van der Waals surface area contributed by atoms with Crippen molar-refractivity contribution in [2.45, 2.75) is 18.4 Å². The van der Waals surface area contributed by atoms with Gasteiger partial charge < -0.3 is 4.40 Å². The van der Waals surface area contributed by atoms with Gasteiger partial charge >= 0.3 is 0 Å². The molecule has 0 saturated carbocycles. The van der Waals surface area contributed by atoms with Crippen LogP contribution in [0.2, 0.25) is 5.02 Å². The molecule has 0 atom stereocenters. The molecule has 0 unspecified atom stereocenters. The normalized spacial score (nSPS) is 16.8. The first-order valence-electron chi connectivity index (χ1n) is 8.85. The Morgan fingerprint density at radius 2 is 1.85 bits per heavy atom. The smallest absolute Gasteiger partial charge is 0.243 e. The first-order chi connectivity index (χ1) is 13.0. The van der Waals surface area contributed by atoms with Gasteiger partial charge in [-0.05, 0) is 36.8 Å². The van der Waals surface area contributed by atoms with Crippen molar-refractivity contribution in [3.63, 3.8) is 0 Å². The van der Waals surface area contributed by atoms with Gasteiger partial charge in [0.1, 0.15) is 5.65 Å². The van der Waals surface area contributed by atoms with E-state index < -0.39 is 10.0 Å². The van der Waals surface area contributed by atoms with Crippen LogP contribution in [0.5, 0.6) is 0 Å². The molecular weight excluding hydrogens is 384 g/mol. The Morgan fingerprint density at radius 3 is 2.63 bits per heavy atom. The fourth-order valence-electron chi connectivity index (χ4n) is 3.47. The van der Waals surface area contributed by atoms with E-state index in [0.29, 0.717) is 41.7 Å². The van der Waals surface area contributed by atoms with E-state index in [1.54, 1.807) is 29.4 Å². The predicted octanol–water partition coefficient (Wildman–Crippen LogP) is 2.80. The van der Waals surface area contributed by atoms with Crippen LogP contribution in [-0.2, 0) is 16.6 Å². The van der Waals surface area contributed by atoms with Crippen LogP contribution < -0.4 is 0 Å². The Morgan fingerprint density at radius 1 is 1.07 bits per heavy atom. The highest BCUT2D eigenvalue weighted by atomic mass is 35.5. The highest BCUT2D eigenvalue weighted by Gasteiger charge is 2.30. The van der Waals surface area contributed by atoms with Crippen molar-refractivity contribution in [3.05, 3.63) is 65.1 Å². The van der Waals surface area contributed by atoms with Crippen LogP contribution >= 0.6 is 11.6 Å². The minimum absolute atomic E-state index is 0.297. The Balaban J connectivity index is 1.46. The highest BCUT2D eigenvalue weighted by molar-refractivity contribution is 7.89. The second-order valence-electron chi connectivity index (χ2n) is 6.72. The van der Waals surface area contributed by atoms with Crippen molar-refractivity contribution >= 4 is 27.3 Å². The number of rotatable bonds is 4. The third-order valence-electron chi connectivity index (χ3n) is 5.05. The molecule has 0 N–H and O–H groups in total. The van der Waals surface area contributed by atoms with Gasteiger partial charge in [-0.25, -0.2) is 13.4 Å². The fraction of sp³-hybridized carbons (Fsp3) is 0.316. The topological polar surface area (TPSA) is 57.9 Å². The van der Waals surface area contributed by atoms with E-state index in [0.717, 1.165) is 17.9 Å². The summed E-state index contributed by atoms with van der Waals surface area (Å²) in [6.07, 6.45) is 3.88. The molecule has 8 heteroatoms. The summed E-state index contributed by atoms with van der Waals surface area (Å²) >= 11 is 6.11. The monoisotopic (exact) mass is 404 g/mol. The van der Waals surface area contributed by atoms with Crippen molar-refractivity contribution in [1.29, 1.82) is 0 Å². The zero-order chi connectivity index (χ0) is 19.0. The zero-order valence-corrected chi connectivity index (χ0v) is 16.6. The third-order valence-corrected chi connectivity index (χ3v) is 7.50. The van der Waals surface area contributed by atoms with E-state index in [-0.39, 0.29) is 0 Å². The zero-order valence-electron chi connectivity index (χ0n) is 15.0. The maximum atomic E-state index is 13.0. The number of hydrogen-bond acceptors (Lipinski definition) is 4. The second-order valence-corrected chi connectivity index (χ2v) is 9.04. The molecule has 1 aromatic carbocycles. The number of hydrogen-bond donors (Lipinski definition) is 0. The molecule has 0 aliphatic carbocycles. The first kappa shape index (κ1) is 18.4. The van der Waals surface area contributed by atoms with E-state index in [2.05, 4.69) is 14.3 Å². The van der Waals surface area contributed by atoms with Crippen LogP contribution in [0, 0.1) is 6.92 Å². The summed E-state index contributed by atoms with van der Waals surface area (Å²) in [5.41, 5.74) is 2.63. The number of pyridine rings is 1. The van der Waals surface area contributed by atoms with E-state index in [4.69, 9.17) is 11.6 Å². The number of fused-ring (bicyclic) bond motifs is 1. The van der Waals surface area contributed by atoms with Crippen LogP contribution in [-0.4, -0.2) is 53.2 Å². The Kier molecular flexibility index (Phi) is 4.94. The molecule has 3 aromatic rings. The molecule has 27 heavy (non-hydrogen) atoms. The van der Waals surface area contributed by atoms with Crippen LogP contribution in [0.25, 0.3) is 5.65 Å². The van der Waals surface area contributed by atoms with Crippen LogP contribution in [0.3, 0.4) is 0 Å². The molecule has 0 amide bonds. The van der Waals surface area contributed by atoms with E-state index >= 15 is 0 Å². The van der Waals surface area contributed by atoms with E-state index in [1.807, 2.05) is 30.6 Å². The number of sulfonamides is 1. The minimum Gasteiger partial charge on any atom is -0.303 e. The molecule has 1 saturated heterocycles. The average molecular weight is 405 g/mol. The van der Waals surface area contributed by atoms with E-state index in [9.17, 15) is 8.42 Å². The van der Waals surface area contributed by atoms with Crippen molar-refractivity contribution in [1.82, 2.24) is 18.6 Å². The summed E-state index contributed by atoms with van der Waals surface area (Å²) in [4.78, 5) is 6.97. The minimum atomic E-state index is -3.53. The molecule has 4 rings (SSSR count). The molecular formula is C19H21ClN4O2S. The van der Waals surface area contributed by atoms with Crippen molar-refractivity contribution in [2.75, 3.05) is 26.2 Å². The lowest BCUT2D eigenvalue weighted by atomic mass is 10.2. The summed E-state index contributed by atoms with van der Waals surface area (Å²) < 4.78 is 29.6. The largest absolute Gasteiger partial charge is 0.303 e. The van der Waals surface area contributed by atoms with Gasteiger partial charge in [-0.15, -0.1) is 0 Å². The second kappa shape index (κ2) is 7.24. The SMILES string of the molecule is Cc1c(Cl)cccc1S(=O)(=O)N1CCN(Cc2cnc3ccccn23)CC1. The van der Waals surface area contributed by atoms with Gasteiger partial charge in [-0.1, -0.05) is 23.7 Å². The molecule has 0 bridgehead atoms. The molecule has 6 nitrogen and oxygen atoms in total. The summed E-state index contributed by atoms with van der Waals surface area (Å²) in [6.45, 7) is 4.78. The van der Waals surface area contributed by atoms with Gasteiger partial charge in [-0.2, -0.15) is 4.31 Å². The van der Waals surface area contributed by atoms with Crippen LogP contribution in [0.15, 0.2) is 53.7 Å². The fourth-order valence-corrected chi connectivity index (χ4v) is 5.37. The molecule has 142 valence electrons. The molecule has 1 aliphatic rings. The molecule has 0 spiro atoms. The maximum absolute atomic E-state index is 13.0. The lowest BCUT2D eigenvalue weighted by Gasteiger charge is -2.34. The van der Waals surface area contributed by atoms with Gasteiger partial charge in [-0.3, -0.25) is 4.90 Å². The van der Waals surface area contributed by atoms with Crippen LogP contribution in [0.1, 0.15) is 11.3 Å². The molecule has 2 aromatic heterocycles. The molecule has 0 radical (unpaired) electrons. The highest BCUT2D eigenvalue weighted by Crippen LogP contribution is 2.26. The van der Waals surface area contributed by atoms with Crippen molar-refractivity contribution in [3.8, 4) is 0 Å². The average Bonchev–Trinajstić information content (AvgIpc) is 3.07. The Labute approximate surface area is 164 Å². The van der Waals surface area contributed by atoms with Crippen molar-refractivity contribution in [2.24, 2.45) is 0 Å². The van der Waals surface area contributed by atoms with Gasteiger partial charge in [0, 0.05) is 43.9 Å². The molecule has 3 heterocycles. The maximum Gasteiger partial charge on any atom is 0.243 e. The van der Waals surface area contributed by atoms with Gasteiger partial charge in [0.05, 0.1) is 16.8 Å². The Bertz CT molecular complexity index is 1070. The molecule has 1 aliphatic heterocycles. The summed E-state index contributed by atoms with van der Waals surface area (Å²) in [6, 6.07) is 10.9. The van der Waals surface area contributed by atoms with Gasteiger partial charge in [0.2, 0.25) is 10.0 Å². The predicted molar refractivity (Wildman–Crippen MR) is 105 cm³/mol. The standard InChI is InChI=1S/C19H21ClN4O2S/c1-15-17(20)5-4-6-18(15)27(25,26)23-11-9-22(10-12-23)14-16-13-21-19-7-2-3-8-24(16)19/h2-8,13H,9-12,14H2,1H3. The molecule has 1 fully saturated rings. The summed E-state index contributed by atoms with van der Waals surface area (Å²) in [7, 11) is -3.53. The first-order valence-corrected chi connectivity index (χ1v) is 10.7. The van der Waals surface area contributed by atoms with E-state index in [1.165, 1.54) is 0 Å². The number of imidazole rings is 1. The number of piperazine rings is 1. The van der Waals surface area contributed by atoms with Gasteiger partial charge in [0.25, 0.3) is 0 Å². The third kappa shape index (κ3) is 3.48. The summed E-state index contributed by atoms with van der Waals surface area (Å²) in [5, 5.41) is 0.474. The quantitative estimate of drug-likeness (QED) is 0.671. The van der Waals surface area contributed by atoms with Crippen molar-refractivity contribution < 1.29 is 8.42 Å². The van der Waals surface area contributed by atoms with Gasteiger partial charge in [0.15, 0.2) is 0 Å². The Hall–Kier alpha value is -1.93. The number of benzene rings is 1. The number of aromatic nitrogens is 2.